The van der Waals surface area contributed by atoms with Crippen LogP contribution in [0.4, 0.5) is 0 Å². The van der Waals surface area contributed by atoms with Crippen molar-refractivity contribution < 1.29 is 0 Å². The normalized spacial score (nSPS) is 14.8. The highest BCUT2D eigenvalue weighted by molar-refractivity contribution is 5.14. The maximum absolute atomic E-state index is 5.59. The van der Waals surface area contributed by atoms with E-state index in [4.69, 9.17) is 5.73 Å². The Kier molecular flexibility index (Phi) is 10.7. The van der Waals surface area contributed by atoms with Crippen LogP contribution in [0, 0.1) is 5.92 Å². The Bertz CT molecular complexity index is 360. The first kappa shape index (κ1) is 20.8. The minimum Gasteiger partial charge on any atom is -0.381 e. The van der Waals surface area contributed by atoms with E-state index in [2.05, 4.69) is 58.1 Å². The first-order valence-electron chi connectivity index (χ1n) is 8.62. The molecular weight excluding hydrogens is 270 g/mol. The highest BCUT2D eigenvalue weighted by Gasteiger charge is 2.21. The summed E-state index contributed by atoms with van der Waals surface area (Å²) in [5.74, 6) is 0.498. The van der Waals surface area contributed by atoms with E-state index >= 15 is 0 Å². The van der Waals surface area contributed by atoms with Crippen LogP contribution in [0.3, 0.4) is 0 Å². The van der Waals surface area contributed by atoms with Gasteiger partial charge in [0.25, 0.3) is 0 Å². The lowest BCUT2D eigenvalue weighted by Crippen LogP contribution is -2.43. The maximum atomic E-state index is 5.59. The molecule has 0 aliphatic heterocycles. The first-order chi connectivity index (χ1) is 10.4. The first-order valence-corrected chi connectivity index (χ1v) is 8.62. The molecule has 2 unspecified atom stereocenters. The highest BCUT2D eigenvalue weighted by atomic mass is 15.0. The summed E-state index contributed by atoms with van der Waals surface area (Å²) in [6.07, 6.45) is 5.24. The van der Waals surface area contributed by atoms with Gasteiger partial charge < -0.3 is 16.4 Å². The summed E-state index contributed by atoms with van der Waals surface area (Å²) in [6, 6.07) is 0.469. The van der Waals surface area contributed by atoms with Crippen molar-refractivity contribution in [1.29, 1.82) is 0 Å². The largest absolute Gasteiger partial charge is 0.381 e. The molecule has 128 valence electrons. The third-order valence-corrected chi connectivity index (χ3v) is 4.28. The quantitative estimate of drug-likeness (QED) is 0.355. The van der Waals surface area contributed by atoms with Crippen LogP contribution in [0.25, 0.3) is 0 Å². The molecule has 22 heavy (non-hydrogen) atoms. The van der Waals surface area contributed by atoms with Crippen LogP contribution in [0.1, 0.15) is 59.8 Å². The van der Waals surface area contributed by atoms with Crippen molar-refractivity contribution in [2.75, 3.05) is 6.54 Å². The molecule has 0 aliphatic carbocycles. The fourth-order valence-electron chi connectivity index (χ4n) is 2.38. The molecule has 0 amide bonds. The molecule has 0 aromatic heterocycles. The Labute approximate surface area is 138 Å². The molecule has 0 heterocycles. The fraction of sp³-hybridized carbons (Fsp3) is 0.684. The minimum absolute atomic E-state index is 0.203. The number of rotatable bonds is 13. The molecule has 0 bridgehead atoms. The van der Waals surface area contributed by atoms with Crippen molar-refractivity contribution in [3.63, 3.8) is 0 Å². The van der Waals surface area contributed by atoms with Crippen LogP contribution in [-0.4, -0.2) is 18.6 Å². The van der Waals surface area contributed by atoms with Gasteiger partial charge in [0, 0.05) is 17.4 Å². The smallest absolute Gasteiger partial charge is 0.0676 e. The lowest BCUT2D eigenvalue weighted by Gasteiger charge is -2.32. The summed E-state index contributed by atoms with van der Waals surface area (Å²) >= 11 is 0. The summed E-state index contributed by atoms with van der Waals surface area (Å²) in [6.45, 7) is 21.9. The lowest BCUT2D eigenvalue weighted by atomic mass is 9.94. The predicted octanol–water partition coefficient (Wildman–Crippen LogP) is 4.09. The van der Waals surface area contributed by atoms with E-state index in [0.29, 0.717) is 5.92 Å². The molecular formula is C19H37N3. The molecule has 0 aromatic rings. The molecule has 0 saturated heterocycles. The second-order valence-corrected chi connectivity index (χ2v) is 6.32. The van der Waals surface area contributed by atoms with Gasteiger partial charge in [-0.25, -0.2) is 0 Å². The van der Waals surface area contributed by atoms with Gasteiger partial charge in [-0.05, 0) is 45.1 Å². The highest BCUT2D eigenvalue weighted by Crippen LogP contribution is 2.18. The van der Waals surface area contributed by atoms with E-state index < -0.39 is 0 Å². The van der Waals surface area contributed by atoms with Crippen molar-refractivity contribution in [3.8, 4) is 0 Å². The van der Waals surface area contributed by atoms with Gasteiger partial charge in [-0.3, -0.25) is 0 Å². The Hall–Kier alpha value is -1.22. The average molecular weight is 308 g/mol. The van der Waals surface area contributed by atoms with Gasteiger partial charge in [0.15, 0.2) is 0 Å². The van der Waals surface area contributed by atoms with Crippen molar-refractivity contribution in [2.24, 2.45) is 11.7 Å². The minimum atomic E-state index is 0.203. The molecule has 0 spiro atoms. The number of nitrogens with two attached hydrogens (primary N) is 1. The molecule has 0 saturated carbocycles. The van der Waals surface area contributed by atoms with Gasteiger partial charge in [-0.1, -0.05) is 52.5 Å². The van der Waals surface area contributed by atoms with Crippen LogP contribution >= 0.6 is 0 Å². The molecule has 0 radical (unpaired) electrons. The van der Waals surface area contributed by atoms with Crippen LogP contribution in [0.5, 0.6) is 0 Å². The molecule has 0 rings (SSSR count). The Morgan fingerprint density at radius 1 is 1.09 bits per heavy atom. The third kappa shape index (κ3) is 7.69. The Morgan fingerprint density at radius 3 is 2.18 bits per heavy atom. The van der Waals surface area contributed by atoms with E-state index in [1.54, 1.807) is 0 Å². The van der Waals surface area contributed by atoms with Crippen molar-refractivity contribution in [1.82, 2.24) is 10.6 Å². The van der Waals surface area contributed by atoms with Gasteiger partial charge in [-0.15, -0.1) is 0 Å². The van der Waals surface area contributed by atoms with E-state index in [1.807, 2.05) is 0 Å². The maximum Gasteiger partial charge on any atom is 0.0676 e. The van der Waals surface area contributed by atoms with E-state index in [9.17, 15) is 0 Å². The Balaban J connectivity index is 4.80. The van der Waals surface area contributed by atoms with Gasteiger partial charge in [0.2, 0.25) is 0 Å². The number of allylic oxidation sites excluding steroid dienone is 1. The standard InChI is InChI=1S/C19H37N3/c1-8-15(5)19(21-16(6)9-2)17(7)22-18(14(3)4)12-10-11-13-20/h15,18-19,21-22H,3,6-13,20H2,1-2,4-5H3/t15?,18-,19?/m1/s1. The second-order valence-electron chi connectivity index (χ2n) is 6.32. The summed E-state index contributed by atoms with van der Waals surface area (Å²) in [5.41, 5.74) is 8.83. The molecule has 3 heteroatoms. The number of hydrogen-bond donors (Lipinski definition) is 3. The van der Waals surface area contributed by atoms with Crippen molar-refractivity contribution in [2.45, 2.75) is 71.9 Å². The molecule has 0 aliphatic rings. The SMILES string of the molecule is C=C(CC)NC(C(=C)N[C@H](CCCCN)C(=C)C)C(C)CC. The number of hydrogen-bond acceptors (Lipinski definition) is 3. The van der Waals surface area contributed by atoms with Gasteiger partial charge >= 0.3 is 0 Å². The summed E-state index contributed by atoms with van der Waals surface area (Å²) in [5, 5.41) is 7.10. The molecule has 0 aromatic carbocycles. The molecule has 3 atom stereocenters. The summed E-state index contributed by atoms with van der Waals surface area (Å²) < 4.78 is 0. The monoisotopic (exact) mass is 307 g/mol. The number of unbranched alkanes of at least 4 members (excludes halogenated alkanes) is 1. The molecule has 3 nitrogen and oxygen atoms in total. The van der Waals surface area contributed by atoms with Gasteiger partial charge in [0.1, 0.15) is 0 Å². The van der Waals surface area contributed by atoms with Crippen LogP contribution in [0.2, 0.25) is 0 Å². The summed E-state index contributed by atoms with van der Waals surface area (Å²) in [4.78, 5) is 0. The molecule has 4 N–H and O–H groups in total. The predicted molar refractivity (Wildman–Crippen MR) is 99.6 cm³/mol. The van der Waals surface area contributed by atoms with Crippen molar-refractivity contribution in [3.05, 3.63) is 36.7 Å². The lowest BCUT2D eigenvalue weighted by molar-refractivity contribution is 0.402. The zero-order valence-electron chi connectivity index (χ0n) is 15.2. The van der Waals surface area contributed by atoms with E-state index in [0.717, 1.165) is 55.6 Å². The van der Waals surface area contributed by atoms with E-state index in [-0.39, 0.29) is 12.1 Å². The second kappa shape index (κ2) is 11.4. The fourth-order valence-corrected chi connectivity index (χ4v) is 2.38. The van der Waals surface area contributed by atoms with Crippen LogP contribution in [0.15, 0.2) is 36.7 Å². The zero-order valence-corrected chi connectivity index (χ0v) is 15.2. The van der Waals surface area contributed by atoms with Crippen molar-refractivity contribution >= 4 is 0 Å². The van der Waals surface area contributed by atoms with Gasteiger partial charge in [0.05, 0.1) is 6.04 Å². The van der Waals surface area contributed by atoms with E-state index in [1.165, 1.54) is 0 Å². The Morgan fingerprint density at radius 2 is 1.73 bits per heavy atom. The third-order valence-electron chi connectivity index (χ3n) is 4.28. The average Bonchev–Trinajstić information content (AvgIpc) is 2.50. The van der Waals surface area contributed by atoms with Gasteiger partial charge in [-0.2, -0.15) is 0 Å². The topological polar surface area (TPSA) is 50.1 Å². The summed E-state index contributed by atoms with van der Waals surface area (Å²) in [7, 11) is 0. The number of nitrogens with one attached hydrogen (secondary N) is 2. The molecule has 0 fully saturated rings. The van der Waals surface area contributed by atoms with Crippen LogP contribution < -0.4 is 16.4 Å². The van der Waals surface area contributed by atoms with Crippen LogP contribution in [-0.2, 0) is 0 Å². The zero-order chi connectivity index (χ0) is 17.1.